The first-order chi connectivity index (χ1) is 17.4. The lowest BCUT2D eigenvalue weighted by Gasteiger charge is -2.31. The molecule has 7 nitrogen and oxygen atoms in total. The highest BCUT2D eigenvalue weighted by molar-refractivity contribution is 6.30. The van der Waals surface area contributed by atoms with Crippen molar-refractivity contribution in [2.45, 2.75) is 19.8 Å². The highest BCUT2D eigenvalue weighted by Crippen LogP contribution is 2.27. The Morgan fingerprint density at radius 2 is 1.75 bits per heavy atom. The Morgan fingerprint density at radius 3 is 2.47 bits per heavy atom. The van der Waals surface area contributed by atoms with Crippen molar-refractivity contribution in [3.8, 4) is 22.5 Å². The highest BCUT2D eigenvalue weighted by Gasteiger charge is 2.31. The van der Waals surface area contributed by atoms with E-state index in [-0.39, 0.29) is 30.2 Å². The van der Waals surface area contributed by atoms with E-state index in [9.17, 15) is 14.0 Å². The normalized spacial score (nSPS) is 15.8. The first kappa shape index (κ1) is 23.9. The Kier molecular flexibility index (Phi) is 6.69. The van der Waals surface area contributed by atoms with Crippen LogP contribution in [0.15, 0.2) is 60.7 Å². The average molecular weight is 507 g/mol. The fraction of sp³-hybridized carbons (Fsp3) is 0.259. The second kappa shape index (κ2) is 10.1. The summed E-state index contributed by atoms with van der Waals surface area (Å²) < 4.78 is 20.2. The van der Waals surface area contributed by atoms with E-state index in [0.717, 1.165) is 5.56 Å². The van der Waals surface area contributed by atoms with Crippen LogP contribution in [0.2, 0.25) is 5.02 Å². The molecule has 0 radical (unpaired) electrons. The monoisotopic (exact) mass is 506 g/mol. The second-order valence-electron chi connectivity index (χ2n) is 8.68. The van der Waals surface area contributed by atoms with Crippen molar-refractivity contribution in [1.82, 2.24) is 19.5 Å². The van der Waals surface area contributed by atoms with Crippen LogP contribution < -0.4 is 0 Å². The summed E-state index contributed by atoms with van der Waals surface area (Å²) in [7, 11) is 0. The van der Waals surface area contributed by atoms with E-state index in [0.29, 0.717) is 59.3 Å². The molecule has 0 unspecified atom stereocenters. The Labute approximate surface area is 212 Å². The van der Waals surface area contributed by atoms with Crippen molar-refractivity contribution >= 4 is 29.1 Å². The number of esters is 1. The maximum Gasteiger partial charge on any atom is 0.310 e. The number of carbonyl (C=O) groups excluding carboxylic acids is 2. The van der Waals surface area contributed by atoms with Gasteiger partial charge in [0.05, 0.1) is 23.9 Å². The van der Waals surface area contributed by atoms with Crippen LogP contribution in [0.25, 0.3) is 28.2 Å². The van der Waals surface area contributed by atoms with Crippen molar-refractivity contribution in [2.24, 2.45) is 5.92 Å². The van der Waals surface area contributed by atoms with Crippen LogP contribution >= 0.6 is 11.6 Å². The van der Waals surface area contributed by atoms with Crippen LogP contribution in [-0.4, -0.2) is 51.1 Å². The number of rotatable bonds is 5. The first-order valence-electron chi connectivity index (χ1n) is 11.8. The van der Waals surface area contributed by atoms with Crippen LogP contribution in [0, 0.1) is 11.7 Å². The van der Waals surface area contributed by atoms with E-state index in [1.807, 2.05) is 12.1 Å². The minimum absolute atomic E-state index is 0.259. The number of ether oxygens (including phenoxy) is 1. The largest absolute Gasteiger partial charge is 0.466 e. The van der Waals surface area contributed by atoms with Gasteiger partial charge >= 0.3 is 5.97 Å². The number of piperidine rings is 1. The molecule has 9 heteroatoms. The summed E-state index contributed by atoms with van der Waals surface area (Å²) in [5.41, 5.74) is 3.44. The first-order valence-corrected chi connectivity index (χ1v) is 12.2. The molecule has 36 heavy (non-hydrogen) atoms. The van der Waals surface area contributed by atoms with Crippen molar-refractivity contribution < 1.29 is 18.7 Å². The molecular weight excluding hydrogens is 483 g/mol. The summed E-state index contributed by atoms with van der Waals surface area (Å²) in [6, 6.07) is 16.6. The number of fused-ring (bicyclic) bond motifs is 1. The molecule has 4 aromatic rings. The standard InChI is InChI=1S/C27H24ClFN4O3/c1-2-36-27(35)19-4-3-13-32(16-19)26(34)24-14-22(17-7-11-21(29)12-8-17)30-25-15-23(31-33(24)25)18-5-9-20(28)10-6-18/h5-12,14-15,19H,2-4,13,16H2,1H3/t19-/m0/s1. The molecule has 1 saturated heterocycles. The molecule has 2 aromatic heterocycles. The number of aromatic nitrogens is 3. The third-order valence-corrected chi connectivity index (χ3v) is 6.51. The zero-order valence-electron chi connectivity index (χ0n) is 19.7. The van der Waals surface area contributed by atoms with Crippen LogP contribution in [0.3, 0.4) is 0 Å². The number of likely N-dealkylation sites (tertiary alicyclic amines) is 1. The van der Waals surface area contributed by atoms with E-state index in [1.54, 1.807) is 48.2 Å². The molecule has 1 aliphatic rings. The topological polar surface area (TPSA) is 76.8 Å². The molecule has 0 saturated carbocycles. The number of halogens is 2. The molecule has 5 rings (SSSR count). The maximum atomic E-state index is 13.8. The van der Waals surface area contributed by atoms with Crippen molar-refractivity contribution in [3.05, 3.63) is 77.2 Å². The molecule has 0 spiro atoms. The number of nitrogens with zero attached hydrogens (tertiary/aromatic N) is 4. The summed E-state index contributed by atoms with van der Waals surface area (Å²) >= 11 is 6.04. The van der Waals surface area contributed by atoms with Gasteiger partial charge in [-0.1, -0.05) is 23.7 Å². The highest BCUT2D eigenvalue weighted by atomic mass is 35.5. The van der Waals surface area contributed by atoms with Gasteiger partial charge in [0.2, 0.25) is 0 Å². The van der Waals surface area contributed by atoms with Crippen LogP contribution in [-0.2, 0) is 9.53 Å². The number of carbonyl (C=O) groups is 2. The van der Waals surface area contributed by atoms with Gasteiger partial charge in [0.1, 0.15) is 11.5 Å². The van der Waals surface area contributed by atoms with E-state index < -0.39 is 0 Å². The zero-order chi connectivity index (χ0) is 25.2. The molecule has 1 fully saturated rings. The molecule has 1 amide bonds. The summed E-state index contributed by atoms with van der Waals surface area (Å²) in [4.78, 5) is 32.5. The number of benzene rings is 2. The average Bonchev–Trinajstić information content (AvgIpc) is 3.33. The van der Waals surface area contributed by atoms with Gasteiger partial charge in [0, 0.05) is 35.3 Å². The van der Waals surface area contributed by atoms with Gasteiger partial charge in [-0.2, -0.15) is 5.10 Å². The predicted octanol–water partition coefficient (Wildman–Crippen LogP) is 5.27. The van der Waals surface area contributed by atoms with Gasteiger partial charge in [0.25, 0.3) is 5.91 Å². The molecule has 184 valence electrons. The van der Waals surface area contributed by atoms with Gasteiger partial charge in [-0.05, 0) is 62.2 Å². The van der Waals surface area contributed by atoms with E-state index in [2.05, 4.69) is 5.10 Å². The van der Waals surface area contributed by atoms with Gasteiger partial charge in [0.15, 0.2) is 5.65 Å². The van der Waals surface area contributed by atoms with Crippen LogP contribution in [0.1, 0.15) is 30.3 Å². The van der Waals surface area contributed by atoms with Crippen molar-refractivity contribution in [1.29, 1.82) is 0 Å². The zero-order valence-corrected chi connectivity index (χ0v) is 20.4. The lowest BCUT2D eigenvalue weighted by Crippen LogP contribution is -2.43. The summed E-state index contributed by atoms with van der Waals surface area (Å²) in [6.07, 6.45) is 1.38. The lowest BCUT2D eigenvalue weighted by atomic mass is 9.98. The van der Waals surface area contributed by atoms with E-state index in [4.69, 9.17) is 21.3 Å². The fourth-order valence-electron chi connectivity index (χ4n) is 4.43. The number of hydrogen-bond acceptors (Lipinski definition) is 5. The molecule has 0 bridgehead atoms. The molecule has 2 aromatic carbocycles. The predicted molar refractivity (Wildman–Crippen MR) is 134 cm³/mol. The molecule has 3 heterocycles. The summed E-state index contributed by atoms with van der Waals surface area (Å²) in [6.45, 7) is 2.87. The number of amides is 1. The molecule has 1 atom stereocenters. The molecule has 1 aliphatic heterocycles. The third kappa shape index (κ3) is 4.81. The smallest absolute Gasteiger partial charge is 0.310 e. The Morgan fingerprint density at radius 1 is 1.06 bits per heavy atom. The van der Waals surface area contributed by atoms with Crippen molar-refractivity contribution in [3.63, 3.8) is 0 Å². The Balaban J connectivity index is 1.58. The third-order valence-electron chi connectivity index (χ3n) is 6.25. The SMILES string of the molecule is CCOC(=O)[C@H]1CCCN(C(=O)c2cc(-c3ccc(F)cc3)nc3cc(-c4ccc(Cl)cc4)nn23)C1. The molecule has 0 aliphatic carbocycles. The van der Waals surface area contributed by atoms with E-state index >= 15 is 0 Å². The van der Waals surface area contributed by atoms with Gasteiger partial charge < -0.3 is 9.64 Å². The fourth-order valence-corrected chi connectivity index (χ4v) is 4.56. The van der Waals surface area contributed by atoms with Gasteiger partial charge in [-0.3, -0.25) is 9.59 Å². The molecule has 0 N–H and O–H groups in total. The Bertz CT molecular complexity index is 1420. The quantitative estimate of drug-likeness (QED) is 0.345. The minimum atomic E-state index is -0.362. The van der Waals surface area contributed by atoms with Gasteiger partial charge in [-0.25, -0.2) is 13.9 Å². The van der Waals surface area contributed by atoms with Crippen LogP contribution in [0.5, 0.6) is 0 Å². The number of hydrogen-bond donors (Lipinski definition) is 0. The summed E-state index contributed by atoms with van der Waals surface area (Å²) in [5, 5.41) is 5.28. The van der Waals surface area contributed by atoms with Gasteiger partial charge in [-0.15, -0.1) is 0 Å². The minimum Gasteiger partial charge on any atom is -0.466 e. The maximum absolute atomic E-state index is 13.8. The lowest BCUT2D eigenvalue weighted by molar-refractivity contribution is -0.149. The Hall–Kier alpha value is -3.78. The summed E-state index contributed by atoms with van der Waals surface area (Å²) in [5.74, 6) is -1.26. The van der Waals surface area contributed by atoms with E-state index in [1.165, 1.54) is 16.6 Å². The molecular formula is C27H24ClFN4O3. The van der Waals surface area contributed by atoms with Crippen molar-refractivity contribution in [2.75, 3.05) is 19.7 Å². The van der Waals surface area contributed by atoms with Crippen LogP contribution in [0.4, 0.5) is 4.39 Å². The second-order valence-corrected chi connectivity index (χ2v) is 9.12.